The van der Waals surface area contributed by atoms with E-state index in [4.69, 9.17) is 5.11 Å². The first kappa shape index (κ1) is 13.1. The summed E-state index contributed by atoms with van der Waals surface area (Å²) in [7, 11) is 0. The Morgan fingerprint density at radius 1 is 1.29 bits per heavy atom. The maximum Gasteiger partial charge on any atom is 0.332 e. The number of carbonyl (C=O) groups is 2. The highest BCUT2D eigenvalue weighted by atomic mass is 16.4. The number of hydrogen-bond acceptors (Lipinski definition) is 3. The topological polar surface area (TPSA) is 67.3 Å². The molecule has 4 heteroatoms. The average Bonchev–Trinajstić information content (AvgIpc) is 2.24. The number of aromatic nitrogens is 1. The summed E-state index contributed by atoms with van der Waals surface area (Å²) in [5.74, 6) is -0.976. The average molecular weight is 233 g/mol. The van der Waals surface area contributed by atoms with Gasteiger partial charge in [-0.05, 0) is 23.6 Å². The van der Waals surface area contributed by atoms with Gasteiger partial charge in [0.2, 0.25) is 0 Å². The first-order valence-corrected chi connectivity index (χ1v) is 5.22. The van der Waals surface area contributed by atoms with Gasteiger partial charge >= 0.3 is 5.97 Å². The maximum absolute atomic E-state index is 11.1. The van der Waals surface area contributed by atoms with Gasteiger partial charge in [0.25, 0.3) is 0 Å². The van der Waals surface area contributed by atoms with Gasteiger partial charge in [-0.15, -0.1) is 0 Å². The molecule has 1 N–H and O–H groups in total. The van der Waals surface area contributed by atoms with Crippen LogP contribution in [0, 0.1) is 5.41 Å². The lowest BCUT2D eigenvalue weighted by atomic mass is 9.86. The quantitative estimate of drug-likeness (QED) is 0.643. The van der Waals surface area contributed by atoms with Crippen LogP contribution in [-0.2, 0) is 4.79 Å². The van der Waals surface area contributed by atoms with E-state index in [1.54, 1.807) is 18.2 Å². The van der Waals surface area contributed by atoms with Crippen molar-refractivity contribution in [2.45, 2.75) is 20.8 Å². The first-order valence-electron chi connectivity index (χ1n) is 5.22. The van der Waals surface area contributed by atoms with Crippen molar-refractivity contribution in [3.63, 3.8) is 0 Å². The van der Waals surface area contributed by atoms with E-state index in [-0.39, 0.29) is 11.3 Å². The normalized spacial score (nSPS) is 12.3. The molecule has 0 amide bonds. The molecule has 0 saturated carbocycles. The summed E-state index contributed by atoms with van der Waals surface area (Å²) in [5, 5.41) is 9.13. The fraction of sp³-hybridized carbons (Fsp3) is 0.308. The summed E-state index contributed by atoms with van der Waals surface area (Å²) in [6, 6.07) is 4.91. The van der Waals surface area contributed by atoms with E-state index in [0.717, 1.165) is 0 Å². The number of aliphatic carboxylic acids is 1. The summed E-state index contributed by atoms with van der Waals surface area (Å²) in [6.07, 6.45) is 2.13. The molecule has 0 atom stereocenters. The predicted molar refractivity (Wildman–Crippen MR) is 64.7 cm³/mol. The van der Waals surface area contributed by atoms with Crippen molar-refractivity contribution in [2.24, 2.45) is 5.41 Å². The molecule has 0 spiro atoms. The Bertz CT molecular complexity index is 470. The second kappa shape index (κ2) is 4.91. The zero-order valence-electron chi connectivity index (χ0n) is 10.1. The molecular weight excluding hydrogens is 218 g/mol. The molecule has 1 aromatic rings. The minimum absolute atomic E-state index is 0.257. The van der Waals surface area contributed by atoms with E-state index in [2.05, 4.69) is 4.98 Å². The minimum Gasteiger partial charge on any atom is -0.478 e. The van der Waals surface area contributed by atoms with E-state index in [0.29, 0.717) is 12.0 Å². The van der Waals surface area contributed by atoms with Crippen molar-refractivity contribution >= 4 is 18.3 Å². The summed E-state index contributed by atoms with van der Waals surface area (Å²) in [5.41, 5.74) is 0.539. The van der Waals surface area contributed by atoms with E-state index in [9.17, 15) is 9.59 Å². The highest BCUT2D eigenvalue weighted by molar-refractivity contribution is 5.93. The Labute approximate surface area is 100.0 Å². The molecule has 0 radical (unpaired) electrons. The summed E-state index contributed by atoms with van der Waals surface area (Å²) < 4.78 is 0. The van der Waals surface area contributed by atoms with Gasteiger partial charge in [0, 0.05) is 5.57 Å². The van der Waals surface area contributed by atoms with Crippen LogP contribution in [0.25, 0.3) is 6.08 Å². The molecule has 0 unspecified atom stereocenters. The number of carboxylic acids is 1. The van der Waals surface area contributed by atoms with Crippen molar-refractivity contribution in [3.8, 4) is 0 Å². The number of hydrogen-bond donors (Lipinski definition) is 1. The fourth-order valence-corrected chi connectivity index (χ4v) is 1.36. The van der Waals surface area contributed by atoms with Crippen LogP contribution >= 0.6 is 0 Å². The highest BCUT2D eigenvalue weighted by Crippen LogP contribution is 2.26. The van der Waals surface area contributed by atoms with Crippen LogP contribution in [0.4, 0.5) is 0 Å². The van der Waals surface area contributed by atoms with E-state index < -0.39 is 11.4 Å². The van der Waals surface area contributed by atoms with Gasteiger partial charge < -0.3 is 5.11 Å². The van der Waals surface area contributed by atoms with Crippen molar-refractivity contribution in [1.29, 1.82) is 0 Å². The molecule has 0 bridgehead atoms. The molecule has 0 saturated heterocycles. The van der Waals surface area contributed by atoms with Crippen LogP contribution in [-0.4, -0.2) is 22.3 Å². The highest BCUT2D eigenvalue weighted by Gasteiger charge is 2.23. The minimum atomic E-state index is -0.976. The maximum atomic E-state index is 11.1. The third-order valence-electron chi connectivity index (χ3n) is 2.24. The standard InChI is InChI=1S/C13H15NO3/c1-13(2,3)11(12(16)17)7-9-5-4-6-10(8-15)14-9/h4-8H,1-3H3,(H,16,17)/b11-7-. The zero-order valence-corrected chi connectivity index (χ0v) is 10.1. The Balaban J connectivity index is 3.22. The van der Waals surface area contributed by atoms with Crippen LogP contribution < -0.4 is 0 Å². The Morgan fingerprint density at radius 2 is 1.88 bits per heavy atom. The number of nitrogens with zero attached hydrogens (tertiary/aromatic N) is 1. The lowest BCUT2D eigenvalue weighted by Crippen LogP contribution is -2.17. The van der Waals surface area contributed by atoms with Gasteiger partial charge in [-0.2, -0.15) is 0 Å². The SMILES string of the molecule is CC(C)(C)/C(=C\c1cccc(C=O)n1)C(=O)O. The molecular formula is C13H15NO3. The fourth-order valence-electron chi connectivity index (χ4n) is 1.36. The molecule has 1 heterocycles. The molecule has 4 nitrogen and oxygen atoms in total. The lowest BCUT2D eigenvalue weighted by Gasteiger charge is -2.19. The van der Waals surface area contributed by atoms with Crippen molar-refractivity contribution in [2.75, 3.05) is 0 Å². The van der Waals surface area contributed by atoms with E-state index in [1.165, 1.54) is 6.08 Å². The third kappa shape index (κ3) is 3.52. The monoisotopic (exact) mass is 233 g/mol. The first-order chi connectivity index (χ1) is 7.84. The third-order valence-corrected chi connectivity index (χ3v) is 2.24. The molecule has 90 valence electrons. The second-order valence-electron chi connectivity index (χ2n) is 4.72. The Kier molecular flexibility index (Phi) is 3.78. The lowest BCUT2D eigenvalue weighted by molar-refractivity contribution is -0.133. The van der Waals surface area contributed by atoms with Gasteiger partial charge in [0.15, 0.2) is 6.29 Å². The predicted octanol–water partition coefficient (Wildman–Crippen LogP) is 2.41. The number of carboxylic acid groups (broad SMARTS) is 1. The number of pyridine rings is 1. The zero-order chi connectivity index (χ0) is 13.1. The Hall–Kier alpha value is -1.97. The summed E-state index contributed by atoms with van der Waals surface area (Å²) in [6.45, 7) is 5.45. The van der Waals surface area contributed by atoms with Gasteiger partial charge in [0.1, 0.15) is 5.69 Å². The van der Waals surface area contributed by atoms with Crippen molar-refractivity contribution in [3.05, 3.63) is 35.2 Å². The van der Waals surface area contributed by atoms with Gasteiger partial charge in [-0.1, -0.05) is 26.8 Å². The smallest absolute Gasteiger partial charge is 0.332 e. The molecule has 0 aliphatic heterocycles. The molecule has 0 fully saturated rings. The Morgan fingerprint density at radius 3 is 2.35 bits per heavy atom. The number of aldehydes is 1. The van der Waals surface area contributed by atoms with Crippen molar-refractivity contribution in [1.82, 2.24) is 4.98 Å². The van der Waals surface area contributed by atoms with Gasteiger partial charge in [-0.3, -0.25) is 4.79 Å². The molecule has 1 rings (SSSR count). The summed E-state index contributed by atoms with van der Waals surface area (Å²) in [4.78, 5) is 25.7. The van der Waals surface area contributed by atoms with Crippen molar-refractivity contribution < 1.29 is 14.7 Å². The van der Waals surface area contributed by atoms with Crippen LogP contribution in [0.3, 0.4) is 0 Å². The number of carbonyl (C=O) groups excluding carboxylic acids is 1. The van der Waals surface area contributed by atoms with Crippen LogP contribution in [0.15, 0.2) is 23.8 Å². The molecule has 0 aliphatic carbocycles. The van der Waals surface area contributed by atoms with Crippen LogP contribution in [0.1, 0.15) is 37.0 Å². The number of rotatable bonds is 3. The summed E-state index contributed by atoms with van der Waals surface area (Å²) >= 11 is 0. The largest absolute Gasteiger partial charge is 0.478 e. The van der Waals surface area contributed by atoms with Crippen LogP contribution in [0.5, 0.6) is 0 Å². The molecule has 0 aromatic carbocycles. The van der Waals surface area contributed by atoms with Gasteiger partial charge in [0.05, 0.1) is 5.69 Å². The van der Waals surface area contributed by atoms with Gasteiger partial charge in [-0.25, -0.2) is 9.78 Å². The molecule has 1 aromatic heterocycles. The van der Waals surface area contributed by atoms with Crippen LogP contribution in [0.2, 0.25) is 0 Å². The van der Waals surface area contributed by atoms with E-state index >= 15 is 0 Å². The molecule has 17 heavy (non-hydrogen) atoms. The molecule has 0 aliphatic rings. The van der Waals surface area contributed by atoms with E-state index in [1.807, 2.05) is 20.8 Å². The second-order valence-corrected chi connectivity index (χ2v) is 4.72.